The second-order valence-electron chi connectivity index (χ2n) is 4.59. The molecule has 6 nitrogen and oxygen atoms in total. The summed E-state index contributed by atoms with van der Waals surface area (Å²) >= 11 is 0. The van der Waals surface area contributed by atoms with Gasteiger partial charge in [0.1, 0.15) is 0 Å². The summed E-state index contributed by atoms with van der Waals surface area (Å²) in [5.41, 5.74) is 4.59. The molecule has 2 aromatic carbocycles. The number of rotatable bonds is 6. The van der Waals surface area contributed by atoms with Gasteiger partial charge >= 0.3 is 0 Å². The standard InChI is InChI=1S/C16H19N3O3/c1-21-14-8-7-13(9-15(14)22-2)18-10-11-3-5-12(6-4-11)16(20)19-17/h3-9,18H,10,17H2,1-2H3,(H,19,20). The minimum atomic E-state index is -0.306. The molecular weight excluding hydrogens is 282 g/mol. The fourth-order valence-electron chi connectivity index (χ4n) is 2.01. The number of nitrogens with two attached hydrogens (primary N) is 1. The van der Waals surface area contributed by atoms with Crippen molar-refractivity contribution in [2.45, 2.75) is 6.54 Å². The smallest absolute Gasteiger partial charge is 0.265 e. The van der Waals surface area contributed by atoms with Gasteiger partial charge in [-0.15, -0.1) is 0 Å². The topological polar surface area (TPSA) is 85.6 Å². The number of methoxy groups -OCH3 is 2. The number of carbonyl (C=O) groups excluding carboxylic acids is 1. The number of benzene rings is 2. The van der Waals surface area contributed by atoms with E-state index in [1.807, 2.05) is 30.3 Å². The third-order valence-electron chi connectivity index (χ3n) is 3.23. The highest BCUT2D eigenvalue weighted by Gasteiger charge is 2.05. The van der Waals surface area contributed by atoms with Crippen molar-refractivity contribution in [1.29, 1.82) is 0 Å². The minimum Gasteiger partial charge on any atom is -0.493 e. The van der Waals surface area contributed by atoms with Crippen LogP contribution in [0.1, 0.15) is 15.9 Å². The van der Waals surface area contributed by atoms with Crippen LogP contribution in [-0.2, 0) is 6.54 Å². The van der Waals surface area contributed by atoms with Gasteiger partial charge in [0.15, 0.2) is 11.5 Å². The van der Waals surface area contributed by atoms with E-state index in [4.69, 9.17) is 15.3 Å². The van der Waals surface area contributed by atoms with Gasteiger partial charge in [-0.25, -0.2) is 5.84 Å². The Morgan fingerprint density at radius 1 is 1.05 bits per heavy atom. The van der Waals surface area contributed by atoms with Crippen molar-refractivity contribution < 1.29 is 14.3 Å². The van der Waals surface area contributed by atoms with Crippen LogP contribution in [-0.4, -0.2) is 20.1 Å². The number of ether oxygens (including phenoxy) is 2. The van der Waals surface area contributed by atoms with Gasteiger partial charge in [-0.2, -0.15) is 0 Å². The van der Waals surface area contributed by atoms with Crippen molar-refractivity contribution in [3.63, 3.8) is 0 Å². The molecule has 0 aromatic heterocycles. The summed E-state index contributed by atoms with van der Waals surface area (Å²) < 4.78 is 10.5. The van der Waals surface area contributed by atoms with Gasteiger partial charge in [-0.05, 0) is 29.8 Å². The van der Waals surface area contributed by atoms with E-state index in [2.05, 4.69) is 10.7 Å². The van der Waals surface area contributed by atoms with Crippen molar-refractivity contribution in [2.75, 3.05) is 19.5 Å². The summed E-state index contributed by atoms with van der Waals surface area (Å²) in [7, 11) is 3.20. The van der Waals surface area contributed by atoms with Gasteiger partial charge in [-0.3, -0.25) is 10.2 Å². The molecule has 0 saturated carbocycles. The largest absolute Gasteiger partial charge is 0.493 e. The lowest BCUT2D eigenvalue weighted by atomic mass is 10.1. The maximum atomic E-state index is 11.4. The summed E-state index contributed by atoms with van der Waals surface area (Å²) in [6, 6.07) is 12.8. The van der Waals surface area contributed by atoms with Crippen LogP contribution >= 0.6 is 0 Å². The van der Waals surface area contributed by atoms with E-state index in [1.165, 1.54) is 0 Å². The van der Waals surface area contributed by atoms with Gasteiger partial charge in [0, 0.05) is 23.9 Å². The second-order valence-corrected chi connectivity index (χ2v) is 4.59. The Balaban J connectivity index is 2.02. The summed E-state index contributed by atoms with van der Waals surface area (Å²) in [6.07, 6.45) is 0. The van der Waals surface area contributed by atoms with E-state index in [-0.39, 0.29) is 5.91 Å². The Labute approximate surface area is 129 Å². The lowest BCUT2D eigenvalue weighted by Crippen LogP contribution is -2.29. The first kappa shape index (κ1) is 15.7. The lowest BCUT2D eigenvalue weighted by molar-refractivity contribution is 0.0953. The Morgan fingerprint density at radius 3 is 2.32 bits per heavy atom. The maximum absolute atomic E-state index is 11.4. The first-order valence-corrected chi connectivity index (χ1v) is 6.73. The number of carbonyl (C=O) groups is 1. The molecule has 0 unspecified atom stereocenters. The molecule has 116 valence electrons. The Morgan fingerprint density at radius 2 is 1.73 bits per heavy atom. The molecule has 0 aliphatic carbocycles. The average molecular weight is 301 g/mol. The van der Waals surface area contributed by atoms with Gasteiger partial charge < -0.3 is 14.8 Å². The molecule has 22 heavy (non-hydrogen) atoms. The van der Waals surface area contributed by atoms with E-state index in [1.54, 1.807) is 26.4 Å². The third-order valence-corrected chi connectivity index (χ3v) is 3.23. The number of hydrogen-bond acceptors (Lipinski definition) is 5. The van der Waals surface area contributed by atoms with Crippen LogP contribution in [0.15, 0.2) is 42.5 Å². The monoisotopic (exact) mass is 301 g/mol. The maximum Gasteiger partial charge on any atom is 0.265 e. The number of nitrogens with one attached hydrogen (secondary N) is 2. The zero-order valence-corrected chi connectivity index (χ0v) is 12.6. The predicted octanol–water partition coefficient (Wildman–Crippen LogP) is 1.92. The Hall–Kier alpha value is -2.73. The molecule has 0 radical (unpaired) electrons. The summed E-state index contributed by atoms with van der Waals surface area (Å²) in [6.45, 7) is 0.625. The zero-order chi connectivity index (χ0) is 15.9. The van der Waals surface area contributed by atoms with Crippen LogP contribution in [0.3, 0.4) is 0 Å². The van der Waals surface area contributed by atoms with Crippen LogP contribution in [0.4, 0.5) is 5.69 Å². The van der Waals surface area contributed by atoms with E-state index < -0.39 is 0 Å². The number of nitrogen functional groups attached to an aromatic ring is 1. The molecule has 2 rings (SSSR count). The molecular formula is C16H19N3O3. The van der Waals surface area contributed by atoms with Crippen molar-refractivity contribution in [3.05, 3.63) is 53.6 Å². The third kappa shape index (κ3) is 3.67. The van der Waals surface area contributed by atoms with Crippen LogP contribution in [0, 0.1) is 0 Å². The second kappa shape index (κ2) is 7.33. The molecule has 1 amide bonds. The van der Waals surface area contributed by atoms with Crippen LogP contribution < -0.4 is 26.1 Å². The Bertz CT molecular complexity index is 642. The summed E-state index contributed by atoms with van der Waals surface area (Å²) in [4.78, 5) is 11.4. The van der Waals surface area contributed by atoms with Crippen LogP contribution in [0.5, 0.6) is 11.5 Å². The number of hydrazine groups is 1. The SMILES string of the molecule is COc1ccc(NCc2ccc(C(=O)NN)cc2)cc1OC. The average Bonchev–Trinajstić information content (AvgIpc) is 2.59. The molecule has 0 atom stereocenters. The molecule has 0 aliphatic rings. The molecule has 0 heterocycles. The molecule has 0 saturated heterocycles. The predicted molar refractivity (Wildman–Crippen MR) is 85.0 cm³/mol. The molecule has 0 aliphatic heterocycles. The highest BCUT2D eigenvalue weighted by molar-refractivity contribution is 5.93. The summed E-state index contributed by atoms with van der Waals surface area (Å²) in [5.74, 6) is 6.14. The van der Waals surface area contributed by atoms with E-state index in [0.29, 0.717) is 23.6 Å². The Kier molecular flexibility index (Phi) is 5.21. The van der Waals surface area contributed by atoms with E-state index in [9.17, 15) is 4.79 Å². The van der Waals surface area contributed by atoms with Crippen molar-refractivity contribution >= 4 is 11.6 Å². The number of hydrogen-bond donors (Lipinski definition) is 3. The van der Waals surface area contributed by atoms with Crippen LogP contribution in [0.2, 0.25) is 0 Å². The van der Waals surface area contributed by atoms with Crippen LogP contribution in [0.25, 0.3) is 0 Å². The zero-order valence-electron chi connectivity index (χ0n) is 12.6. The molecule has 0 spiro atoms. The molecule has 4 N–H and O–H groups in total. The highest BCUT2D eigenvalue weighted by Crippen LogP contribution is 2.29. The lowest BCUT2D eigenvalue weighted by Gasteiger charge is -2.11. The molecule has 2 aromatic rings. The molecule has 6 heteroatoms. The van der Waals surface area contributed by atoms with E-state index in [0.717, 1.165) is 11.3 Å². The van der Waals surface area contributed by atoms with Gasteiger partial charge in [0.25, 0.3) is 5.91 Å². The quantitative estimate of drug-likeness (QED) is 0.431. The van der Waals surface area contributed by atoms with Crippen molar-refractivity contribution in [2.24, 2.45) is 5.84 Å². The van der Waals surface area contributed by atoms with Crippen molar-refractivity contribution in [3.8, 4) is 11.5 Å². The normalized spacial score (nSPS) is 9.95. The number of anilines is 1. The fraction of sp³-hybridized carbons (Fsp3) is 0.188. The molecule has 0 bridgehead atoms. The van der Waals surface area contributed by atoms with Gasteiger partial charge in [-0.1, -0.05) is 12.1 Å². The fourth-order valence-corrected chi connectivity index (χ4v) is 2.01. The van der Waals surface area contributed by atoms with E-state index >= 15 is 0 Å². The first-order chi connectivity index (χ1) is 10.7. The summed E-state index contributed by atoms with van der Waals surface area (Å²) in [5, 5.41) is 3.29. The minimum absolute atomic E-state index is 0.306. The highest BCUT2D eigenvalue weighted by atomic mass is 16.5. The van der Waals surface area contributed by atoms with Gasteiger partial charge in [0.05, 0.1) is 14.2 Å². The first-order valence-electron chi connectivity index (χ1n) is 6.73. The van der Waals surface area contributed by atoms with Gasteiger partial charge in [0.2, 0.25) is 0 Å². The molecule has 0 fully saturated rings. The van der Waals surface area contributed by atoms with Crippen molar-refractivity contribution in [1.82, 2.24) is 5.43 Å². The number of amides is 1.